The smallest absolute Gasteiger partial charge is 1.00 e. The molecule has 0 aliphatic carbocycles. The third-order valence-corrected chi connectivity index (χ3v) is 0. The summed E-state index contributed by atoms with van der Waals surface area (Å²) < 4.78 is 0. The van der Waals surface area contributed by atoms with E-state index in [1.807, 2.05) is 0 Å². The van der Waals surface area contributed by atoms with Crippen LogP contribution in [0.15, 0.2) is 0 Å². The van der Waals surface area contributed by atoms with Crippen molar-refractivity contribution in [1.82, 2.24) is 0 Å². The van der Waals surface area contributed by atoms with Gasteiger partial charge in [0.15, 0.2) is 0 Å². The van der Waals surface area contributed by atoms with Gasteiger partial charge in [0.25, 0.3) is 0 Å². The van der Waals surface area contributed by atoms with Crippen LogP contribution in [0.1, 0.15) is 13.8 Å². The molecule has 0 spiro atoms. The topological polar surface area (TPSA) is 48.7 Å². The van der Waals surface area contributed by atoms with E-state index in [4.69, 9.17) is 5.11 Å². The van der Waals surface area contributed by atoms with Crippen molar-refractivity contribution in [3.63, 3.8) is 0 Å². The van der Waals surface area contributed by atoms with Gasteiger partial charge in [0.1, 0.15) is 0 Å². The summed E-state index contributed by atoms with van der Waals surface area (Å²) in [7, 11) is 0. The van der Waals surface area contributed by atoms with Crippen molar-refractivity contribution in [3.8, 4) is 0 Å². The summed E-state index contributed by atoms with van der Waals surface area (Å²) in [4.78, 5) is 0. The molecular weight excluding hydrogens is 146 g/mol. The van der Waals surface area contributed by atoms with E-state index < -0.39 is 0 Å². The Morgan fingerprint density at radius 1 is 1.14 bits per heavy atom. The van der Waals surface area contributed by atoms with Crippen molar-refractivity contribution < 1.29 is 113 Å². The third kappa shape index (κ3) is 46.7. The minimum atomic E-state index is -0.167. The SMILES string of the molecule is CC(C)O.[K+].[K+].[O-2]. The normalized spacial score (nSPS) is 5.14. The summed E-state index contributed by atoms with van der Waals surface area (Å²) in [5.41, 5.74) is 0. The van der Waals surface area contributed by atoms with Crippen LogP contribution in [0.3, 0.4) is 0 Å². The van der Waals surface area contributed by atoms with Gasteiger partial charge in [0.05, 0.1) is 0 Å². The zero-order valence-corrected chi connectivity index (χ0v) is 11.7. The van der Waals surface area contributed by atoms with Gasteiger partial charge in [-0.25, -0.2) is 0 Å². The summed E-state index contributed by atoms with van der Waals surface area (Å²) in [6.45, 7) is 3.44. The fraction of sp³-hybridized carbons (Fsp3) is 1.00. The molecule has 4 heteroatoms. The Morgan fingerprint density at radius 2 is 1.14 bits per heavy atom. The first kappa shape index (κ1) is 22.5. The molecule has 0 saturated carbocycles. The molecule has 0 aromatic heterocycles. The van der Waals surface area contributed by atoms with Crippen LogP contribution < -0.4 is 103 Å². The molecule has 0 rings (SSSR count). The van der Waals surface area contributed by atoms with Crippen LogP contribution in [0.25, 0.3) is 0 Å². The summed E-state index contributed by atoms with van der Waals surface area (Å²) in [6.07, 6.45) is -0.167. The Balaban J connectivity index is -0.0000000150. The number of hydrogen-bond donors (Lipinski definition) is 1. The van der Waals surface area contributed by atoms with E-state index in [1.54, 1.807) is 13.8 Å². The van der Waals surface area contributed by atoms with Gasteiger partial charge < -0.3 is 10.6 Å². The predicted molar refractivity (Wildman–Crippen MR) is 18.0 cm³/mol. The number of aliphatic hydroxyl groups is 1. The van der Waals surface area contributed by atoms with Crippen LogP contribution in [0.5, 0.6) is 0 Å². The van der Waals surface area contributed by atoms with E-state index >= 15 is 0 Å². The molecule has 0 bridgehead atoms. The second-order valence-corrected chi connectivity index (χ2v) is 1.09. The molecule has 7 heavy (non-hydrogen) atoms. The molecule has 0 atom stereocenters. The number of aliphatic hydroxyl groups excluding tert-OH is 1. The summed E-state index contributed by atoms with van der Waals surface area (Å²) in [6, 6.07) is 0. The number of hydrogen-bond acceptors (Lipinski definition) is 1. The molecule has 0 fully saturated rings. The molecule has 0 amide bonds. The van der Waals surface area contributed by atoms with Crippen LogP contribution in [-0.4, -0.2) is 11.2 Å². The Hall–Kier alpha value is 3.19. The van der Waals surface area contributed by atoms with E-state index in [2.05, 4.69) is 0 Å². The van der Waals surface area contributed by atoms with Gasteiger partial charge in [-0.15, -0.1) is 0 Å². The first-order valence-corrected chi connectivity index (χ1v) is 1.41. The van der Waals surface area contributed by atoms with Crippen LogP contribution in [0, 0.1) is 0 Å². The quantitative estimate of drug-likeness (QED) is 0.347. The predicted octanol–water partition coefficient (Wildman–Crippen LogP) is -5.72. The summed E-state index contributed by atoms with van der Waals surface area (Å²) in [5.74, 6) is 0. The van der Waals surface area contributed by atoms with Crippen LogP contribution in [-0.2, 0) is 5.48 Å². The van der Waals surface area contributed by atoms with Crippen LogP contribution >= 0.6 is 0 Å². The molecule has 0 aromatic carbocycles. The Kier molecular flexibility index (Phi) is 51.6. The largest absolute Gasteiger partial charge is 2.00 e. The van der Waals surface area contributed by atoms with E-state index in [9.17, 15) is 0 Å². The monoisotopic (exact) mass is 154 g/mol. The van der Waals surface area contributed by atoms with Crippen molar-refractivity contribution in [2.45, 2.75) is 20.0 Å². The van der Waals surface area contributed by atoms with E-state index in [0.29, 0.717) is 0 Å². The molecule has 2 nitrogen and oxygen atoms in total. The van der Waals surface area contributed by atoms with Gasteiger partial charge in [0.2, 0.25) is 0 Å². The maximum Gasteiger partial charge on any atom is 1.00 e. The van der Waals surface area contributed by atoms with Gasteiger partial charge in [-0.2, -0.15) is 0 Å². The number of rotatable bonds is 0. The molecule has 0 heterocycles. The zero-order chi connectivity index (χ0) is 3.58. The van der Waals surface area contributed by atoms with Crippen LogP contribution in [0.2, 0.25) is 0 Å². The van der Waals surface area contributed by atoms with Crippen molar-refractivity contribution in [2.24, 2.45) is 0 Å². The molecule has 0 aliphatic rings. The molecular formula is C3H8K2O2. The molecule has 0 aromatic rings. The fourth-order valence-corrected chi connectivity index (χ4v) is 0. The third-order valence-electron chi connectivity index (χ3n) is 0. The minimum Gasteiger partial charge on any atom is -2.00 e. The maximum absolute atomic E-state index is 8.06. The fourth-order valence-electron chi connectivity index (χ4n) is 0. The van der Waals surface area contributed by atoms with E-state index in [0.717, 1.165) is 0 Å². The average Bonchev–Trinajstić information content (AvgIpc) is 0.811. The Morgan fingerprint density at radius 3 is 1.14 bits per heavy atom. The van der Waals surface area contributed by atoms with Crippen LogP contribution in [0.4, 0.5) is 0 Å². The standard InChI is InChI=1S/C3H8O.2K.O/c1-3(2)4;;;/h3-4H,1-2H3;;;/q;2*+1;-2. The van der Waals surface area contributed by atoms with Gasteiger partial charge in [0, 0.05) is 6.10 Å². The second kappa shape index (κ2) is 16.1. The molecule has 1 N–H and O–H groups in total. The Bertz CT molecular complexity index is 15.7. The first-order chi connectivity index (χ1) is 1.73. The second-order valence-electron chi connectivity index (χ2n) is 1.09. The van der Waals surface area contributed by atoms with Crippen molar-refractivity contribution in [2.75, 3.05) is 0 Å². The Labute approximate surface area is 130 Å². The summed E-state index contributed by atoms with van der Waals surface area (Å²) in [5, 5.41) is 8.06. The first-order valence-electron chi connectivity index (χ1n) is 1.41. The van der Waals surface area contributed by atoms with Gasteiger partial charge in [-0.1, -0.05) is 0 Å². The maximum atomic E-state index is 8.06. The zero-order valence-electron chi connectivity index (χ0n) is 5.43. The molecule has 0 aliphatic heterocycles. The minimum absolute atomic E-state index is 0. The van der Waals surface area contributed by atoms with Gasteiger partial charge >= 0.3 is 103 Å². The molecule has 34 valence electrons. The van der Waals surface area contributed by atoms with Crippen molar-refractivity contribution >= 4 is 0 Å². The average molecular weight is 154 g/mol. The molecule has 0 saturated heterocycles. The van der Waals surface area contributed by atoms with Gasteiger partial charge in [-0.05, 0) is 13.8 Å². The molecule has 0 radical (unpaired) electrons. The van der Waals surface area contributed by atoms with Crippen molar-refractivity contribution in [1.29, 1.82) is 0 Å². The van der Waals surface area contributed by atoms with Crippen molar-refractivity contribution in [3.05, 3.63) is 0 Å². The molecule has 0 unspecified atom stereocenters. The van der Waals surface area contributed by atoms with E-state index in [1.165, 1.54) is 0 Å². The van der Waals surface area contributed by atoms with E-state index in [-0.39, 0.29) is 114 Å². The van der Waals surface area contributed by atoms with Gasteiger partial charge in [-0.3, -0.25) is 0 Å². The summed E-state index contributed by atoms with van der Waals surface area (Å²) >= 11 is 0.